The van der Waals surface area contributed by atoms with Crippen molar-refractivity contribution >= 4 is 11.8 Å². The standard InChI is InChI=1S/C23H36O3/c1-4-5-6-7-15-14-16-17-8-9-19(24)22(17,2)12-10-18(16)23(3)13-11-20(25)26-21(15)23/h15-18,21H,4-14H2,1-3H3/t15-,16-,17-,18-,21-,22-,23+/m0/s1. The molecule has 0 aromatic carbocycles. The number of carbonyl (C=O) groups is 2. The Morgan fingerprint density at radius 2 is 1.85 bits per heavy atom. The van der Waals surface area contributed by atoms with Crippen molar-refractivity contribution in [3.63, 3.8) is 0 Å². The van der Waals surface area contributed by atoms with E-state index in [1.165, 1.54) is 32.1 Å². The van der Waals surface area contributed by atoms with Gasteiger partial charge in [0.1, 0.15) is 11.9 Å². The number of esters is 1. The number of ketones is 1. The summed E-state index contributed by atoms with van der Waals surface area (Å²) in [5, 5.41) is 0. The molecule has 0 bridgehead atoms. The predicted molar refractivity (Wildman–Crippen MR) is 102 cm³/mol. The van der Waals surface area contributed by atoms with E-state index in [1.54, 1.807) is 0 Å². The zero-order valence-electron chi connectivity index (χ0n) is 16.9. The molecule has 0 N–H and O–H groups in total. The molecule has 4 aliphatic rings. The van der Waals surface area contributed by atoms with Gasteiger partial charge in [-0.2, -0.15) is 0 Å². The minimum Gasteiger partial charge on any atom is -0.461 e. The van der Waals surface area contributed by atoms with Crippen molar-refractivity contribution in [2.24, 2.45) is 34.5 Å². The first-order valence-corrected chi connectivity index (χ1v) is 11.1. The number of hydrogen-bond donors (Lipinski definition) is 0. The number of hydrogen-bond acceptors (Lipinski definition) is 3. The summed E-state index contributed by atoms with van der Waals surface area (Å²) in [7, 11) is 0. The third-order valence-electron chi connectivity index (χ3n) is 8.95. The van der Waals surface area contributed by atoms with Crippen LogP contribution in [0.5, 0.6) is 0 Å². The van der Waals surface area contributed by atoms with Gasteiger partial charge in [0.2, 0.25) is 0 Å². The van der Waals surface area contributed by atoms with Gasteiger partial charge in [-0.3, -0.25) is 9.59 Å². The van der Waals surface area contributed by atoms with Crippen LogP contribution in [0.25, 0.3) is 0 Å². The van der Waals surface area contributed by atoms with Crippen molar-refractivity contribution in [2.45, 2.75) is 97.5 Å². The van der Waals surface area contributed by atoms with Crippen molar-refractivity contribution in [3.05, 3.63) is 0 Å². The molecule has 1 aliphatic heterocycles. The van der Waals surface area contributed by atoms with Gasteiger partial charge in [-0.1, -0.05) is 40.0 Å². The molecular weight excluding hydrogens is 324 g/mol. The van der Waals surface area contributed by atoms with Gasteiger partial charge >= 0.3 is 5.97 Å². The van der Waals surface area contributed by atoms with Gasteiger partial charge in [-0.15, -0.1) is 0 Å². The summed E-state index contributed by atoms with van der Waals surface area (Å²) in [4.78, 5) is 24.7. The fourth-order valence-corrected chi connectivity index (χ4v) is 7.48. The van der Waals surface area contributed by atoms with Crippen LogP contribution in [0.1, 0.15) is 91.4 Å². The molecule has 0 aromatic heterocycles. The SMILES string of the molecule is CCCCC[C@H]1C[C@@H]2[C@H](CC[C@]3(C)C(=O)CC[C@@H]23)[C@@]2(C)CCC(=O)O[C@@H]12. The Bertz CT molecular complexity index is 584. The van der Waals surface area contributed by atoms with Gasteiger partial charge in [-0.25, -0.2) is 0 Å². The van der Waals surface area contributed by atoms with Crippen molar-refractivity contribution in [3.8, 4) is 0 Å². The third kappa shape index (κ3) is 2.67. The highest BCUT2D eigenvalue weighted by Crippen LogP contribution is 2.65. The van der Waals surface area contributed by atoms with Crippen LogP contribution in [0.3, 0.4) is 0 Å². The molecule has 3 nitrogen and oxygen atoms in total. The topological polar surface area (TPSA) is 43.4 Å². The van der Waals surface area contributed by atoms with E-state index in [4.69, 9.17) is 4.74 Å². The highest BCUT2D eigenvalue weighted by atomic mass is 16.5. The number of carbonyl (C=O) groups excluding carboxylic acids is 2. The first kappa shape index (κ1) is 18.5. The Balaban J connectivity index is 1.64. The molecule has 7 atom stereocenters. The van der Waals surface area contributed by atoms with E-state index in [0.717, 1.165) is 32.1 Å². The molecule has 3 heteroatoms. The van der Waals surface area contributed by atoms with E-state index in [9.17, 15) is 9.59 Å². The van der Waals surface area contributed by atoms with Gasteiger partial charge in [0.25, 0.3) is 0 Å². The molecule has 1 saturated heterocycles. The fraction of sp³-hybridized carbons (Fsp3) is 0.913. The van der Waals surface area contributed by atoms with Crippen molar-refractivity contribution < 1.29 is 14.3 Å². The van der Waals surface area contributed by atoms with E-state index >= 15 is 0 Å². The lowest BCUT2D eigenvalue weighted by molar-refractivity contribution is -0.205. The molecule has 26 heavy (non-hydrogen) atoms. The summed E-state index contributed by atoms with van der Waals surface area (Å²) in [6.45, 7) is 6.91. The van der Waals surface area contributed by atoms with Crippen molar-refractivity contribution in [2.75, 3.05) is 0 Å². The van der Waals surface area contributed by atoms with Gasteiger partial charge < -0.3 is 4.74 Å². The molecule has 0 radical (unpaired) electrons. The highest BCUT2D eigenvalue weighted by molar-refractivity contribution is 5.87. The summed E-state index contributed by atoms with van der Waals surface area (Å²) < 4.78 is 6.04. The summed E-state index contributed by atoms with van der Waals surface area (Å²) in [6.07, 6.45) is 11.9. The minimum absolute atomic E-state index is 0.0168. The first-order valence-electron chi connectivity index (χ1n) is 11.1. The average Bonchev–Trinajstić information content (AvgIpc) is 2.92. The van der Waals surface area contributed by atoms with Gasteiger partial charge in [0.05, 0.1) is 0 Å². The summed E-state index contributed by atoms with van der Waals surface area (Å²) in [5.74, 6) is 2.89. The number of Topliss-reactive ketones (excluding diaryl/α,β-unsaturated/α-hetero) is 1. The Morgan fingerprint density at radius 1 is 1.04 bits per heavy atom. The molecule has 0 aromatic rings. The number of fused-ring (bicyclic) bond motifs is 5. The second-order valence-corrected chi connectivity index (χ2v) is 10.2. The third-order valence-corrected chi connectivity index (χ3v) is 8.95. The molecule has 1 heterocycles. The van der Waals surface area contributed by atoms with Crippen molar-refractivity contribution in [1.82, 2.24) is 0 Å². The second kappa shape index (κ2) is 6.63. The van der Waals surface area contributed by atoms with E-state index in [2.05, 4.69) is 20.8 Å². The number of rotatable bonds is 4. The maximum Gasteiger partial charge on any atom is 0.306 e. The normalized spacial score (nSPS) is 47.7. The average molecular weight is 361 g/mol. The lowest BCUT2D eigenvalue weighted by Crippen LogP contribution is -2.59. The van der Waals surface area contributed by atoms with Crippen LogP contribution >= 0.6 is 0 Å². The predicted octanol–water partition coefficient (Wildman–Crippen LogP) is 5.31. The molecule has 146 valence electrons. The lowest BCUT2D eigenvalue weighted by Gasteiger charge is -2.60. The summed E-state index contributed by atoms with van der Waals surface area (Å²) in [6, 6.07) is 0. The molecule has 0 unspecified atom stereocenters. The van der Waals surface area contributed by atoms with E-state index in [1.807, 2.05) is 0 Å². The van der Waals surface area contributed by atoms with Crippen LogP contribution in [-0.2, 0) is 14.3 Å². The first-order chi connectivity index (χ1) is 12.4. The van der Waals surface area contributed by atoms with E-state index < -0.39 is 0 Å². The minimum atomic E-state index is -0.0658. The smallest absolute Gasteiger partial charge is 0.306 e. The van der Waals surface area contributed by atoms with Crippen LogP contribution in [0.2, 0.25) is 0 Å². The molecule has 4 rings (SSSR count). The Kier molecular flexibility index (Phi) is 4.72. The largest absolute Gasteiger partial charge is 0.461 e. The molecule has 4 fully saturated rings. The molecule has 3 aliphatic carbocycles. The maximum atomic E-state index is 12.6. The van der Waals surface area contributed by atoms with Crippen LogP contribution < -0.4 is 0 Å². The fourth-order valence-electron chi connectivity index (χ4n) is 7.48. The molecule has 3 saturated carbocycles. The lowest BCUT2D eigenvalue weighted by atomic mass is 9.46. The maximum absolute atomic E-state index is 12.6. The van der Waals surface area contributed by atoms with Crippen molar-refractivity contribution in [1.29, 1.82) is 0 Å². The zero-order chi connectivity index (χ0) is 18.5. The van der Waals surface area contributed by atoms with Gasteiger partial charge in [-0.05, 0) is 62.2 Å². The summed E-state index contributed by atoms with van der Waals surface area (Å²) in [5.41, 5.74) is 0.0599. The van der Waals surface area contributed by atoms with Crippen LogP contribution in [-0.4, -0.2) is 17.9 Å². The van der Waals surface area contributed by atoms with E-state index in [-0.39, 0.29) is 22.9 Å². The number of ether oxygens (including phenoxy) is 1. The van der Waals surface area contributed by atoms with Crippen LogP contribution in [0, 0.1) is 34.5 Å². The van der Waals surface area contributed by atoms with Crippen LogP contribution in [0.4, 0.5) is 0 Å². The highest BCUT2D eigenvalue weighted by Gasteiger charge is 2.62. The Labute approximate surface area is 158 Å². The monoisotopic (exact) mass is 360 g/mol. The van der Waals surface area contributed by atoms with Gasteiger partial charge in [0, 0.05) is 23.7 Å². The zero-order valence-corrected chi connectivity index (χ0v) is 16.9. The Morgan fingerprint density at radius 3 is 2.62 bits per heavy atom. The summed E-state index contributed by atoms with van der Waals surface area (Å²) >= 11 is 0. The quantitative estimate of drug-likeness (QED) is 0.504. The molecular formula is C23H36O3. The van der Waals surface area contributed by atoms with Gasteiger partial charge in [0.15, 0.2) is 0 Å². The Hall–Kier alpha value is -0.860. The molecule has 0 spiro atoms. The molecule has 0 amide bonds. The van der Waals surface area contributed by atoms with Crippen LogP contribution in [0.15, 0.2) is 0 Å². The number of unbranched alkanes of at least 4 members (excludes halogenated alkanes) is 2. The van der Waals surface area contributed by atoms with E-state index in [0.29, 0.717) is 35.9 Å². The second-order valence-electron chi connectivity index (χ2n) is 10.2.